The maximum Gasteiger partial charge on any atom is 0.0902 e. The van der Waals surface area contributed by atoms with E-state index in [1.165, 1.54) is 6.42 Å². The van der Waals surface area contributed by atoms with Gasteiger partial charge < -0.3 is 0 Å². The molecule has 0 aromatic carbocycles. The van der Waals surface area contributed by atoms with Gasteiger partial charge in [0.05, 0.1) is 6.10 Å². The Labute approximate surface area is 70.8 Å². The van der Waals surface area contributed by atoms with Crippen molar-refractivity contribution in [2.75, 3.05) is 0 Å². The van der Waals surface area contributed by atoms with Crippen molar-refractivity contribution in [2.24, 2.45) is 11.8 Å². The molecule has 0 fully saturated rings. The summed E-state index contributed by atoms with van der Waals surface area (Å²) in [5.41, 5.74) is 0. The molecule has 0 aliphatic carbocycles. The summed E-state index contributed by atoms with van der Waals surface area (Å²) in [4.78, 5) is 0. The summed E-state index contributed by atoms with van der Waals surface area (Å²) >= 11 is 0. The Kier molecular flexibility index (Phi) is 5.57. The summed E-state index contributed by atoms with van der Waals surface area (Å²) in [5.74, 6) is 1.49. The van der Waals surface area contributed by atoms with Crippen LogP contribution < -0.4 is 0 Å². The van der Waals surface area contributed by atoms with E-state index in [9.17, 15) is 5.11 Å². The summed E-state index contributed by atoms with van der Waals surface area (Å²) in [6.45, 7) is 8.44. The molecule has 1 heteroatoms. The average molecular weight is 157 g/mol. The van der Waals surface area contributed by atoms with Crippen molar-refractivity contribution >= 4 is 0 Å². The van der Waals surface area contributed by atoms with Crippen LogP contribution in [0.15, 0.2) is 0 Å². The first-order chi connectivity index (χ1) is 5.07. The molecule has 0 aliphatic rings. The number of hydrogen-bond acceptors (Lipinski definition) is 0. The van der Waals surface area contributed by atoms with E-state index in [0.717, 1.165) is 24.7 Å². The van der Waals surface area contributed by atoms with Gasteiger partial charge in [0.1, 0.15) is 0 Å². The van der Waals surface area contributed by atoms with Gasteiger partial charge in [0, 0.05) is 0 Å². The molecule has 2 unspecified atom stereocenters. The van der Waals surface area contributed by atoms with E-state index in [4.69, 9.17) is 0 Å². The third kappa shape index (κ3) is 5.25. The van der Waals surface area contributed by atoms with E-state index in [2.05, 4.69) is 20.8 Å². The van der Waals surface area contributed by atoms with E-state index in [-0.39, 0.29) is 6.10 Å². The molecule has 0 rings (SSSR count). The predicted octanol–water partition coefficient (Wildman–Crippen LogP) is 3.27. The summed E-state index contributed by atoms with van der Waals surface area (Å²) in [6, 6.07) is 0. The van der Waals surface area contributed by atoms with Gasteiger partial charge in [-0.05, 0) is 31.6 Å². The second kappa shape index (κ2) is 5.59. The lowest BCUT2D eigenvalue weighted by Crippen LogP contribution is -2.10. The van der Waals surface area contributed by atoms with Gasteiger partial charge in [-0.1, -0.05) is 27.2 Å². The predicted molar refractivity (Wildman–Crippen MR) is 48.0 cm³/mol. The van der Waals surface area contributed by atoms with Crippen molar-refractivity contribution in [3.8, 4) is 0 Å². The second-order valence-electron chi connectivity index (χ2n) is 3.80. The second-order valence-corrected chi connectivity index (χ2v) is 3.80. The van der Waals surface area contributed by atoms with E-state index in [1.54, 1.807) is 6.92 Å². The number of hydrogen-bond donors (Lipinski definition) is 0. The van der Waals surface area contributed by atoms with Crippen LogP contribution >= 0.6 is 0 Å². The molecular formula is C10H21O. The first kappa shape index (κ1) is 11.0. The van der Waals surface area contributed by atoms with E-state index < -0.39 is 0 Å². The first-order valence-corrected chi connectivity index (χ1v) is 4.73. The Morgan fingerprint density at radius 2 is 1.64 bits per heavy atom. The van der Waals surface area contributed by atoms with Gasteiger partial charge in [-0.25, -0.2) is 5.11 Å². The fourth-order valence-electron chi connectivity index (χ4n) is 1.46. The molecule has 1 nitrogen and oxygen atoms in total. The molecule has 0 aliphatic heterocycles. The van der Waals surface area contributed by atoms with Crippen LogP contribution in [0.4, 0.5) is 0 Å². The van der Waals surface area contributed by atoms with Crippen molar-refractivity contribution in [3.05, 3.63) is 0 Å². The average Bonchev–Trinajstić information content (AvgIpc) is 1.87. The van der Waals surface area contributed by atoms with Crippen molar-refractivity contribution in [1.29, 1.82) is 0 Å². The lowest BCUT2D eigenvalue weighted by atomic mass is 9.88. The smallest absolute Gasteiger partial charge is 0.0902 e. The van der Waals surface area contributed by atoms with Crippen molar-refractivity contribution < 1.29 is 5.11 Å². The quantitative estimate of drug-likeness (QED) is 0.583. The fourth-order valence-corrected chi connectivity index (χ4v) is 1.46. The van der Waals surface area contributed by atoms with Crippen molar-refractivity contribution in [1.82, 2.24) is 0 Å². The molecule has 0 heterocycles. The zero-order valence-corrected chi connectivity index (χ0v) is 8.26. The molecule has 0 bridgehead atoms. The highest BCUT2D eigenvalue weighted by atomic mass is 16.3. The summed E-state index contributed by atoms with van der Waals surface area (Å²) in [6.07, 6.45) is 2.79. The van der Waals surface area contributed by atoms with Crippen LogP contribution in [-0.4, -0.2) is 6.10 Å². The van der Waals surface area contributed by atoms with Crippen molar-refractivity contribution in [2.45, 2.75) is 53.1 Å². The van der Waals surface area contributed by atoms with Gasteiger partial charge in [-0.3, -0.25) is 0 Å². The third-order valence-corrected chi connectivity index (χ3v) is 2.41. The SMILES string of the molecule is CCC(CCC(C)[O])C(C)C. The lowest BCUT2D eigenvalue weighted by Gasteiger charge is -2.18. The van der Waals surface area contributed by atoms with Gasteiger partial charge in [0.2, 0.25) is 0 Å². The highest BCUT2D eigenvalue weighted by molar-refractivity contribution is 4.62. The van der Waals surface area contributed by atoms with Gasteiger partial charge in [0.15, 0.2) is 0 Å². The molecule has 1 radical (unpaired) electrons. The Morgan fingerprint density at radius 1 is 1.09 bits per heavy atom. The van der Waals surface area contributed by atoms with Crippen LogP contribution in [0.25, 0.3) is 0 Å². The monoisotopic (exact) mass is 157 g/mol. The maximum atomic E-state index is 10.8. The largest absolute Gasteiger partial charge is 0.233 e. The zero-order valence-electron chi connectivity index (χ0n) is 8.26. The topological polar surface area (TPSA) is 19.9 Å². The molecule has 0 saturated carbocycles. The van der Waals surface area contributed by atoms with Gasteiger partial charge in [0.25, 0.3) is 0 Å². The van der Waals surface area contributed by atoms with Crippen LogP contribution in [-0.2, 0) is 5.11 Å². The molecule has 0 spiro atoms. The lowest BCUT2D eigenvalue weighted by molar-refractivity contribution is 0.0879. The van der Waals surface area contributed by atoms with Crippen LogP contribution in [0.3, 0.4) is 0 Å². The Bertz CT molecular complexity index is 86.9. The minimum Gasteiger partial charge on any atom is -0.233 e. The molecule has 0 aromatic rings. The van der Waals surface area contributed by atoms with E-state index in [0.29, 0.717) is 0 Å². The summed E-state index contributed by atoms with van der Waals surface area (Å²) in [5, 5.41) is 10.8. The molecule has 2 atom stereocenters. The minimum absolute atomic E-state index is 0.372. The van der Waals surface area contributed by atoms with E-state index in [1.807, 2.05) is 0 Å². The first-order valence-electron chi connectivity index (χ1n) is 4.73. The zero-order chi connectivity index (χ0) is 8.85. The van der Waals surface area contributed by atoms with Crippen LogP contribution in [0.1, 0.15) is 47.0 Å². The molecule has 67 valence electrons. The van der Waals surface area contributed by atoms with Crippen LogP contribution in [0.5, 0.6) is 0 Å². The van der Waals surface area contributed by atoms with Crippen LogP contribution in [0, 0.1) is 11.8 Å². The highest BCUT2D eigenvalue weighted by Gasteiger charge is 2.11. The summed E-state index contributed by atoms with van der Waals surface area (Å²) in [7, 11) is 0. The molecule has 0 amide bonds. The molecule has 0 aromatic heterocycles. The number of rotatable bonds is 5. The minimum atomic E-state index is -0.372. The Balaban J connectivity index is 3.52. The Hall–Kier alpha value is -0.0400. The third-order valence-electron chi connectivity index (χ3n) is 2.41. The molecule has 11 heavy (non-hydrogen) atoms. The summed E-state index contributed by atoms with van der Waals surface area (Å²) < 4.78 is 0. The molecule has 0 N–H and O–H groups in total. The van der Waals surface area contributed by atoms with Crippen LogP contribution in [0.2, 0.25) is 0 Å². The van der Waals surface area contributed by atoms with E-state index >= 15 is 0 Å². The molecule has 0 saturated heterocycles. The van der Waals surface area contributed by atoms with Gasteiger partial charge >= 0.3 is 0 Å². The molecular weight excluding hydrogens is 136 g/mol. The maximum absolute atomic E-state index is 10.8. The normalized spacial score (nSPS) is 16.9. The van der Waals surface area contributed by atoms with Gasteiger partial charge in [-0.15, -0.1) is 0 Å². The highest BCUT2D eigenvalue weighted by Crippen LogP contribution is 2.21. The standard InChI is InChI=1S/C10H21O/c1-5-10(8(2)3)7-6-9(4)11/h8-10H,5-7H2,1-4H3. The Morgan fingerprint density at radius 3 is 1.91 bits per heavy atom. The fraction of sp³-hybridized carbons (Fsp3) is 1.00. The van der Waals surface area contributed by atoms with Crippen molar-refractivity contribution in [3.63, 3.8) is 0 Å². The van der Waals surface area contributed by atoms with Gasteiger partial charge in [-0.2, -0.15) is 0 Å².